The van der Waals surface area contributed by atoms with Gasteiger partial charge in [0.1, 0.15) is 6.33 Å². The second kappa shape index (κ2) is 4.87. The number of nitrogens with zero attached hydrogens (tertiary/aromatic N) is 3. The molecule has 0 saturated carbocycles. The van der Waals surface area contributed by atoms with Crippen molar-refractivity contribution in [1.29, 1.82) is 0 Å². The van der Waals surface area contributed by atoms with Gasteiger partial charge in [0.15, 0.2) is 0 Å². The fraction of sp³-hybridized carbons (Fsp3) is 0.250. The first kappa shape index (κ1) is 12.1. The maximum Gasteiger partial charge on any atom is 0.345 e. The third-order valence-corrected chi connectivity index (χ3v) is 2.63. The standard InChI is InChI=1S/C12H13N3O3/c1-14-8-13-15(12(14)17)7-9-5-3-4-6-10(9)11(16)18-2/h3-6,8H,7H2,1-2H3. The Morgan fingerprint density at radius 1 is 1.39 bits per heavy atom. The molecular weight excluding hydrogens is 234 g/mol. The summed E-state index contributed by atoms with van der Waals surface area (Å²) < 4.78 is 7.37. The van der Waals surface area contributed by atoms with Crippen molar-refractivity contribution in [3.8, 4) is 0 Å². The van der Waals surface area contributed by atoms with E-state index in [2.05, 4.69) is 5.10 Å². The molecule has 2 aromatic rings. The molecule has 1 aromatic carbocycles. The summed E-state index contributed by atoms with van der Waals surface area (Å²) in [4.78, 5) is 23.3. The lowest BCUT2D eigenvalue weighted by Crippen LogP contribution is -2.24. The summed E-state index contributed by atoms with van der Waals surface area (Å²) in [5.41, 5.74) is 0.914. The highest BCUT2D eigenvalue weighted by molar-refractivity contribution is 5.90. The molecule has 18 heavy (non-hydrogen) atoms. The minimum absolute atomic E-state index is 0.227. The zero-order valence-corrected chi connectivity index (χ0v) is 10.2. The second-order valence-corrected chi connectivity index (χ2v) is 3.83. The van der Waals surface area contributed by atoms with Crippen LogP contribution in [0.5, 0.6) is 0 Å². The number of aryl methyl sites for hydroxylation is 1. The van der Waals surface area contributed by atoms with Gasteiger partial charge in [-0.1, -0.05) is 18.2 Å². The summed E-state index contributed by atoms with van der Waals surface area (Å²) in [7, 11) is 2.95. The number of aromatic nitrogens is 3. The normalized spacial score (nSPS) is 10.3. The molecule has 1 heterocycles. The van der Waals surface area contributed by atoms with E-state index in [-0.39, 0.29) is 12.2 Å². The molecule has 0 radical (unpaired) electrons. The van der Waals surface area contributed by atoms with Crippen molar-refractivity contribution in [1.82, 2.24) is 14.3 Å². The molecule has 0 aliphatic rings. The monoisotopic (exact) mass is 247 g/mol. The van der Waals surface area contributed by atoms with E-state index in [9.17, 15) is 9.59 Å². The van der Waals surface area contributed by atoms with Crippen molar-refractivity contribution in [2.75, 3.05) is 7.11 Å². The van der Waals surface area contributed by atoms with Crippen LogP contribution < -0.4 is 5.69 Å². The lowest BCUT2D eigenvalue weighted by atomic mass is 10.1. The Morgan fingerprint density at radius 2 is 2.11 bits per heavy atom. The van der Waals surface area contributed by atoms with Gasteiger partial charge in [0.05, 0.1) is 19.2 Å². The van der Waals surface area contributed by atoms with Gasteiger partial charge in [-0.05, 0) is 11.6 Å². The van der Waals surface area contributed by atoms with E-state index in [1.54, 1.807) is 31.3 Å². The molecular formula is C12H13N3O3. The number of carbonyl (C=O) groups is 1. The van der Waals surface area contributed by atoms with Crippen LogP contribution in [0.3, 0.4) is 0 Å². The van der Waals surface area contributed by atoms with E-state index in [0.717, 1.165) is 0 Å². The number of esters is 1. The zero-order valence-electron chi connectivity index (χ0n) is 10.2. The average molecular weight is 247 g/mol. The predicted molar refractivity (Wildman–Crippen MR) is 64.4 cm³/mol. The van der Waals surface area contributed by atoms with Gasteiger partial charge in [-0.3, -0.25) is 4.57 Å². The van der Waals surface area contributed by atoms with Gasteiger partial charge >= 0.3 is 11.7 Å². The molecule has 94 valence electrons. The highest BCUT2D eigenvalue weighted by atomic mass is 16.5. The zero-order chi connectivity index (χ0) is 13.1. The van der Waals surface area contributed by atoms with E-state index in [1.165, 1.54) is 22.7 Å². The number of rotatable bonds is 3. The molecule has 0 aliphatic heterocycles. The molecule has 0 atom stereocenters. The molecule has 0 amide bonds. The number of carbonyl (C=O) groups excluding carboxylic acids is 1. The molecule has 0 fully saturated rings. The van der Waals surface area contributed by atoms with E-state index in [0.29, 0.717) is 11.1 Å². The minimum atomic E-state index is -0.422. The average Bonchev–Trinajstić information content (AvgIpc) is 2.70. The quantitative estimate of drug-likeness (QED) is 0.737. The van der Waals surface area contributed by atoms with Crippen LogP contribution in [0.4, 0.5) is 0 Å². The number of ether oxygens (including phenoxy) is 1. The topological polar surface area (TPSA) is 66.1 Å². The van der Waals surface area contributed by atoms with Gasteiger partial charge in [0.2, 0.25) is 0 Å². The Bertz CT molecular complexity index is 627. The Labute approximate surface area is 103 Å². The Balaban J connectivity index is 2.38. The van der Waals surface area contributed by atoms with Crippen LogP contribution in [0.2, 0.25) is 0 Å². The van der Waals surface area contributed by atoms with Gasteiger partial charge in [-0.15, -0.1) is 0 Å². The third kappa shape index (κ3) is 2.17. The van der Waals surface area contributed by atoms with Crippen LogP contribution in [-0.4, -0.2) is 27.4 Å². The van der Waals surface area contributed by atoms with E-state index in [1.807, 2.05) is 0 Å². The lowest BCUT2D eigenvalue weighted by Gasteiger charge is -2.06. The molecule has 6 heteroatoms. The maximum absolute atomic E-state index is 11.7. The van der Waals surface area contributed by atoms with Crippen molar-refractivity contribution in [3.05, 3.63) is 52.2 Å². The summed E-state index contributed by atoms with van der Waals surface area (Å²) in [6, 6.07) is 6.98. The van der Waals surface area contributed by atoms with Gasteiger partial charge in [-0.2, -0.15) is 5.10 Å². The lowest BCUT2D eigenvalue weighted by molar-refractivity contribution is 0.0599. The Kier molecular flexibility index (Phi) is 3.27. The smallest absolute Gasteiger partial charge is 0.345 e. The summed E-state index contributed by atoms with van der Waals surface area (Å²) >= 11 is 0. The molecule has 0 spiro atoms. The van der Waals surface area contributed by atoms with Gasteiger partial charge in [-0.25, -0.2) is 14.3 Å². The van der Waals surface area contributed by atoms with Crippen LogP contribution in [-0.2, 0) is 18.3 Å². The third-order valence-electron chi connectivity index (χ3n) is 2.63. The van der Waals surface area contributed by atoms with Crippen LogP contribution >= 0.6 is 0 Å². The highest BCUT2D eigenvalue weighted by Crippen LogP contribution is 2.10. The molecule has 0 aliphatic carbocycles. The summed E-state index contributed by atoms with van der Waals surface area (Å²) in [5, 5.41) is 3.95. The van der Waals surface area contributed by atoms with Gasteiger partial charge in [0.25, 0.3) is 0 Å². The molecule has 2 rings (SSSR count). The summed E-state index contributed by atoms with van der Waals surface area (Å²) in [5.74, 6) is -0.422. The highest BCUT2D eigenvalue weighted by Gasteiger charge is 2.12. The molecule has 0 unspecified atom stereocenters. The minimum Gasteiger partial charge on any atom is -0.465 e. The Hall–Kier alpha value is -2.37. The maximum atomic E-state index is 11.7. The van der Waals surface area contributed by atoms with Crippen LogP contribution in [0, 0.1) is 0 Å². The van der Waals surface area contributed by atoms with Gasteiger partial charge in [0, 0.05) is 7.05 Å². The molecule has 0 bridgehead atoms. The first-order chi connectivity index (χ1) is 8.63. The summed E-state index contributed by atoms with van der Waals surface area (Å²) in [6.45, 7) is 0.241. The van der Waals surface area contributed by atoms with Crippen LogP contribution in [0.15, 0.2) is 35.4 Å². The van der Waals surface area contributed by atoms with Crippen molar-refractivity contribution < 1.29 is 9.53 Å². The van der Waals surface area contributed by atoms with Crippen molar-refractivity contribution in [2.45, 2.75) is 6.54 Å². The summed E-state index contributed by atoms with van der Waals surface area (Å²) in [6.07, 6.45) is 1.43. The van der Waals surface area contributed by atoms with E-state index >= 15 is 0 Å². The van der Waals surface area contributed by atoms with Crippen LogP contribution in [0.1, 0.15) is 15.9 Å². The fourth-order valence-corrected chi connectivity index (χ4v) is 1.66. The van der Waals surface area contributed by atoms with Crippen molar-refractivity contribution in [2.24, 2.45) is 7.05 Å². The fourth-order valence-electron chi connectivity index (χ4n) is 1.66. The number of hydrogen-bond acceptors (Lipinski definition) is 4. The van der Waals surface area contributed by atoms with E-state index < -0.39 is 5.97 Å². The molecule has 1 aromatic heterocycles. The van der Waals surface area contributed by atoms with E-state index in [4.69, 9.17) is 4.74 Å². The number of benzene rings is 1. The van der Waals surface area contributed by atoms with Crippen LogP contribution in [0.25, 0.3) is 0 Å². The first-order valence-electron chi connectivity index (χ1n) is 5.38. The Morgan fingerprint density at radius 3 is 2.72 bits per heavy atom. The van der Waals surface area contributed by atoms with Crippen molar-refractivity contribution in [3.63, 3.8) is 0 Å². The first-order valence-corrected chi connectivity index (χ1v) is 5.38. The van der Waals surface area contributed by atoms with Crippen molar-refractivity contribution >= 4 is 5.97 Å². The number of methoxy groups -OCH3 is 1. The SMILES string of the molecule is COC(=O)c1ccccc1Cn1ncn(C)c1=O. The number of hydrogen-bond donors (Lipinski definition) is 0. The largest absolute Gasteiger partial charge is 0.465 e. The molecule has 0 N–H and O–H groups in total. The second-order valence-electron chi connectivity index (χ2n) is 3.83. The molecule has 6 nitrogen and oxygen atoms in total. The molecule has 0 saturated heterocycles. The predicted octanol–water partition coefficient (Wildman–Crippen LogP) is 0.417. The van der Waals surface area contributed by atoms with Gasteiger partial charge < -0.3 is 4.74 Å².